The molecule has 1 aromatic heterocycles. The lowest BCUT2D eigenvalue weighted by molar-refractivity contribution is 0.102. The Labute approximate surface area is 116 Å². The minimum atomic E-state index is -0.177. The molecule has 2 aromatic rings. The van der Waals surface area contributed by atoms with Gasteiger partial charge in [-0.05, 0) is 30.7 Å². The number of rotatable bonds is 3. The summed E-state index contributed by atoms with van der Waals surface area (Å²) in [6.45, 7) is 1.89. The number of nitrogens with zero attached hydrogens (tertiary/aromatic N) is 1. The molecular formula is C14H13N3OS. The van der Waals surface area contributed by atoms with E-state index in [-0.39, 0.29) is 5.91 Å². The molecule has 5 heteroatoms. The number of pyridine rings is 1. The molecule has 0 fully saturated rings. The van der Waals surface area contributed by atoms with Gasteiger partial charge in [0.25, 0.3) is 5.91 Å². The number of thiocarbonyl (C=S) groups is 1. The van der Waals surface area contributed by atoms with E-state index in [1.165, 1.54) is 0 Å². The van der Waals surface area contributed by atoms with Gasteiger partial charge in [0.2, 0.25) is 0 Å². The Hall–Kier alpha value is -2.27. The Kier molecular flexibility index (Phi) is 3.87. The number of carbonyl (C=O) groups is 1. The zero-order valence-electron chi connectivity index (χ0n) is 10.4. The zero-order chi connectivity index (χ0) is 13.8. The van der Waals surface area contributed by atoms with Crippen LogP contribution in [0.4, 0.5) is 5.69 Å². The SMILES string of the molecule is Cc1cnccc1NC(=O)c1ccc(C(N)=S)cc1. The number of nitrogens with two attached hydrogens (primary N) is 1. The lowest BCUT2D eigenvalue weighted by atomic mass is 10.1. The van der Waals surface area contributed by atoms with Gasteiger partial charge in [-0.2, -0.15) is 0 Å². The third-order valence-electron chi connectivity index (χ3n) is 2.70. The lowest BCUT2D eigenvalue weighted by Gasteiger charge is -2.08. The van der Waals surface area contributed by atoms with Gasteiger partial charge >= 0.3 is 0 Å². The molecule has 1 amide bonds. The van der Waals surface area contributed by atoms with Crippen molar-refractivity contribution in [2.45, 2.75) is 6.92 Å². The Morgan fingerprint density at radius 3 is 2.42 bits per heavy atom. The van der Waals surface area contributed by atoms with E-state index in [4.69, 9.17) is 18.0 Å². The maximum atomic E-state index is 12.1. The van der Waals surface area contributed by atoms with Gasteiger partial charge in [-0.3, -0.25) is 9.78 Å². The molecule has 0 saturated carbocycles. The third-order valence-corrected chi connectivity index (χ3v) is 2.94. The van der Waals surface area contributed by atoms with Gasteiger partial charge in [0.05, 0.1) is 0 Å². The summed E-state index contributed by atoms with van der Waals surface area (Å²) < 4.78 is 0. The summed E-state index contributed by atoms with van der Waals surface area (Å²) >= 11 is 4.86. The van der Waals surface area contributed by atoms with Gasteiger partial charge in [-0.25, -0.2) is 0 Å². The highest BCUT2D eigenvalue weighted by Gasteiger charge is 2.07. The maximum Gasteiger partial charge on any atom is 0.255 e. The first kappa shape index (κ1) is 13.2. The highest BCUT2D eigenvalue weighted by Crippen LogP contribution is 2.13. The van der Waals surface area contributed by atoms with E-state index in [1.54, 1.807) is 42.7 Å². The van der Waals surface area contributed by atoms with Gasteiger partial charge < -0.3 is 11.1 Å². The second-order valence-electron chi connectivity index (χ2n) is 4.09. The standard InChI is InChI=1S/C14H13N3OS/c1-9-8-16-7-6-12(9)17-14(18)11-4-2-10(3-5-11)13(15)19/h2-8H,1H3,(H2,15,19)(H,16,17,18). The second kappa shape index (κ2) is 5.58. The molecule has 0 radical (unpaired) electrons. The van der Waals surface area contributed by atoms with Crippen LogP contribution in [0.25, 0.3) is 0 Å². The van der Waals surface area contributed by atoms with E-state index in [2.05, 4.69) is 10.3 Å². The first-order valence-electron chi connectivity index (χ1n) is 5.70. The summed E-state index contributed by atoms with van der Waals surface area (Å²) in [7, 11) is 0. The van der Waals surface area contributed by atoms with Crippen molar-refractivity contribution < 1.29 is 4.79 Å². The molecule has 0 atom stereocenters. The van der Waals surface area contributed by atoms with Crippen molar-refractivity contribution in [3.8, 4) is 0 Å². The van der Waals surface area contributed by atoms with Gasteiger partial charge in [-0.1, -0.05) is 24.4 Å². The number of hydrogen-bond acceptors (Lipinski definition) is 3. The van der Waals surface area contributed by atoms with E-state index in [9.17, 15) is 4.79 Å². The average molecular weight is 271 g/mol. The molecule has 0 unspecified atom stereocenters. The molecule has 0 aliphatic rings. The predicted molar refractivity (Wildman–Crippen MR) is 79.3 cm³/mol. The summed E-state index contributed by atoms with van der Waals surface area (Å²) in [6.07, 6.45) is 3.34. The molecule has 0 spiro atoms. The number of carbonyl (C=O) groups excluding carboxylic acids is 1. The number of amides is 1. The second-order valence-corrected chi connectivity index (χ2v) is 4.53. The van der Waals surface area contributed by atoms with Crippen molar-refractivity contribution in [2.24, 2.45) is 5.73 Å². The van der Waals surface area contributed by atoms with E-state index in [1.807, 2.05) is 6.92 Å². The molecule has 4 nitrogen and oxygen atoms in total. The molecule has 0 saturated heterocycles. The van der Waals surface area contributed by atoms with Crippen LogP contribution < -0.4 is 11.1 Å². The average Bonchev–Trinajstić information content (AvgIpc) is 2.41. The van der Waals surface area contributed by atoms with Crippen molar-refractivity contribution in [1.82, 2.24) is 4.98 Å². The van der Waals surface area contributed by atoms with Crippen LogP contribution in [0.15, 0.2) is 42.7 Å². The number of anilines is 1. The molecule has 0 aliphatic heterocycles. The maximum absolute atomic E-state index is 12.1. The molecule has 2 rings (SSSR count). The van der Waals surface area contributed by atoms with E-state index >= 15 is 0 Å². The molecule has 3 N–H and O–H groups in total. The lowest BCUT2D eigenvalue weighted by Crippen LogP contribution is -2.14. The Bertz CT molecular complexity index is 623. The summed E-state index contributed by atoms with van der Waals surface area (Å²) in [5.74, 6) is -0.177. The number of benzene rings is 1. The fourth-order valence-electron chi connectivity index (χ4n) is 1.59. The Morgan fingerprint density at radius 2 is 1.84 bits per heavy atom. The molecule has 0 bridgehead atoms. The fraction of sp³-hybridized carbons (Fsp3) is 0.0714. The third kappa shape index (κ3) is 3.14. The van der Waals surface area contributed by atoms with E-state index in [0.29, 0.717) is 10.6 Å². The van der Waals surface area contributed by atoms with Gasteiger partial charge in [0.1, 0.15) is 4.99 Å². The zero-order valence-corrected chi connectivity index (χ0v) is 11.2. The predicted octanol–water partition coefficient (Wildman–Crippen LogP) is 2.28. The van der Waals surface area contributed by atoms with Gasteiger partial charge in [-0.15, -0.1) is 0 Å². The summed E-state index contributed by atoms with van der Waals surface area (Å²) in [5.41, 5.74) is 8.46. The molecule has 96 valence electrons. The summed E-state index contributed by atoms with van der Waals surface area (Å²) in [5, 5.41) is 2.83. The van der Waals surface area contributed by atoms with Crippen molar-refractivity contribution in [3.63, 3.8) is 0 Å². The van der Waals surface area contributed by atoms with Crippen LogP contribution in [-0.2, 0) is 0 Å². The van der Waals surface area contributed by atoms with Gasteiger partial charge in [0, 0.05) is 29.2 Å². The molecule has 1 heterocycles. The van der Waals surface area contributed by atoms with Crippen LogP contribution >= 0.6 is 12.2 Å². The monoisotopic (exact) mass is 271 g/mol. The number of aromatic nitrogens is 1. The van der Waals surface area contributed by atoms with Crippen LogP contribution in [0.5, 0.6) is 0 Å². The smallest absolute Gasteiger partial charge is 0.255 e. The van der Waals surface area contributed by atoms with Crippen molar-refractivity contribution in [2.75, 3.05) is 5.32 Å². The quantitative estimate of drug-likeness (QED) is 0.840. The molecule has 0 aliphatic carbocycles. The number of hydrogen-bond donors (Lipinski definition) is 2. The first-order chi connectivity index (χ1) is 9.08. The van der Waals surface area contributed by atoms with Crippen molar-refractivity contribution in [1.29, 1.82) is 0 Å². The summed E-state index contributed by atoms with van der Waals surface area (Å²) in [6, 6.07) is 8.62. The largest absolute Gasteiger partial charge is 0.389 e. The molecule has 19 heavy (non-hydrogen) atoms. The minimum Gasteiger partial charge on any atom is -0.389 e. The van der Waals surface area contributed by atoms with Gasteiger partial charge in [0.15, 0.2) is 0 Å². The molecule has 1 aromatic carbocycles. The number of nitrogens with one attached hydrogen (secondary N) is 1. The van der Waals surface area contributed by atoms with Crippen molar-refractivity contribution in [3.05, 3.63) is 59.4 Å². The van der Waals surface area contributed by atoms with Crippen LogP contribution in [0.1, 0.15) is 21.5 Å². The van der Waals surface area contributed by atoms with Crippen LogP contribution in [0.3, 0.4) is 0 Å². The summed E-state index contributed by atoms with van der Waals surface area (Å²) in [4.78, 5) is 16.3. The highest BCUT2D eigenvalue weighted by molar-refractivity contribution is 7.80. The topological polar surface area (TPSA) is 68.0 Å². The van der Waals surface area contributed by atoms with Crippen molar-refractivity contribution >= 4 is 28.8 Å². The number of aryl methyl sites for hydroxylation is 1. The Morgan fingerprint density at radius 1 is 1.21 bits per heavy atom. The van der Waals surface area contributed by atoms with E-state index in [0.717, 1.165) is 16.8 Å². The normalized spacial score (nSPS) is 9.95. The Balaban J connectivity index is 2.16. The highest BCUT2D eigenvalue weighted by atomic mass is 32.1. The first-order valence-corrected chi connectivity index (χ1v) is 6.10. The van der Waals surface area contributed by atoms with E-state index < -0.39 is 0 Å². The van der Waals surface area contributed by atoms with Crippen LogP contribution in [0.2, 0.25) is 0 Å². The molecular weight excluding hydrogens is 258 g/mol. The fourth-order valence-corrected chi connectivity index (χ4v) is 1.73. The van der Waals surface area contributed by atoms with Crippen LogP contribution in [0, 0.1) is 6.92 Å². The minimum absolute atomic E-state index is 0.177. The van der Waals surface area contributed by atoms with Crippen LogP contribution in [-0.4, -0.2) is 15.9 Å².